The maximum Gasteiger partial charge on any atom is 0.268 e. The van der Waals surface area contributed by atoms with Gasteiger partial charge in [-0.1, -0.05) is 24.3 Å². The average molecular weight is 595 g/mol. The molecule has 4 aromatic rings. The van der Waals surface area contributed by atoms with E-state index >= 15 is 0 Å². The molecule has 2 aromatic carbocycles. The third-order valence-electron chi connectivity index (χ3n) is 7.19. The van der Waals surface area contributed by atoms with E-state index in [9.17, 15) is 27.5 Å². The predicted octanol–water partition coefficient (Wildman–Crippen LogP) is 2.35. The lowest BCUT2D eigenvalue weighted by atomic mass is 10.0. The molecule has 1 fully saturated rings. The Bertz CT molecular complexity index is 1770. The molecule has 1 saturated heterocycles. The van der Waals surface area contributed by atoms with Crippen molar-refractivity contribution in [3.05, 3.63) is 99.2 Å². The number of halogens is 1. The molecule has 1 amide bonds. The average Bonchev–Trinajstić information content (AvgIpc) is 2.97. The molecule has 0 aliphatic carbocycles. The van der Waals surface area contributed by atoms with Crippen LogP contribution in [0.2, 0.25) is 0 Å². The standard InChI is InChI=1S/C30H31FN4O6S/c1-42(39,40)24-8-4-21(5-9-24)19-35-25-17-22(16-20-2-6-23(31)7-3-20)18-33-27(25)28(36)26(30(35)38)29(37)32-10-11-34-12-14-41-15-13-34/h2-9,17-18,36H,10-16,19H2,1H3,(H,32,37). The molecule has 0 spiro atoms. The number of rotatable bonds is 9. The number of benzene rings is 2. The molecule has 5 rings (SSSR count). The van der Waals surface area contributed by atoms with Crippen molar-refractivity contribution in [2.75, 3.05) is 45.6 Å². The van der Waals surface area contributed by atoms with Gasteiger partial charge in [-0.3, -0.25) is 19.5 Å². The number of aromatic nitrogens is 2. The van der Waals surface area contributed by atoms with Crippen molar-refractivity contribution in [2.45, 2.75) is 17.9 Å². The molecule has 10 nitrogen and oxygen atoms in total. The lowest BCUT2D eigenvalue weighted by molar-refractivity contribution is 0.0383. The number of aromatic hydroxyl groups is 1. The molecule has 2 N–H and O–H groups in total. The quantitative estimate of drug-likeness (QED) is 0.302. The summed E-state index contributed by atoms with van der Waals surface area (Å²) in [6.45, 7) is 3.55. The normalized spacial score (nSPS) is 14.2. The third kappa shape index (κ3) is 6.67. The highest BCUT2D eigenvalue weighted by atomic mass is 32.2. The number of morpholine rings is 1. The first-order valence-corrected chi connectivity index (χ1v) is 15.4. The van der Waals surface area contributed by atoms with Gasteiger partial charge < -0.3 is 19.7 Å². The van der Waals surface area contributed by atoms with Crippen molar-refractivity contribution in [3.63, 3.8) is 0 Å². The largest absolute Gasteiger partial charge is 0.505 e. The number of ether oxygens (including phenoxy) is 1. The summed E-state index contributed by atoms with van der Waals surface area (Å²) < 4.78 is 43.9. The van der Waals surface area contributed by atoms with E-state index in [1.54, 1.807) is 36.5 Å². The topological polar surface area (TPSA) is 131 Å². The van der Waals surface area contributed by atoms with E-state index in [2.05, 4.69) is 15.2 Å². The lowest BCUT2D eigenvalue weighted by Crippen LogP contribution is -2.42. The van der Waals surface area contributed by atoms with E-state index in [1.165, 1.54) is 28.8 Å². The molecule has 0 bridgehead atoms. The van der Waals surface area contributed by atoms with Crippen LogP contribution < -0.4 is 10.9 Å². The lowest BCUT2D eigenvalue weighted by Gasteiger charge is -2.26. The molecular weight excluding hydrogens is 563 g/mol. The first-order chi connectivity index (χ1) is 20.1. The monoisotopic (exact) mass is 594 g/mol. The van der Waals surface area contributed by atoms with Crippen molar-refractivity contribution in [2.24, 2.45) is 0 Å². The van der Waals surface area contributed by atoms with Crippen LogP contribution in [0.3, 0.4) is 0 Å². The minimum atomic E-state index is -3.41. The number of fused-ring (bicyclic) bond motifs is 1. The Labute approximate surface area is 242 Å². The molecule has 1 aliphatic rings. The van der Waals surface area contributed by atoms with Crippen LogP contribution in [-0.2, 0) is 27.5 Å². The number of nitrogens with zero attached hydrogens (tertiary/aromatic N) is 3. The number of hydrogen-bond donors (Lipinski definition) is 2. The Morgan fingerprint density at radius 2 is 1.71 bits per heavy atom. The van der Waals surface area contributed by atoms with E-state index in [-0.39, 0.29) is 29.3 Å². The van der Waals surface area contributed by atoms with Gasteiger partial charge in [0.2, 0.25) is 0 Å². The SMILES string of the molecule is CS(=O)(=O)c1ccc(Cn2c(=O)c(C(=O)NCCN3CCOCC3)c(O)c3ncc(Cc4ccc(F)cc4)cc32)cc1. The Hall–Kier alpha value is -4.13. The van der Waals surface area contributed by atoms with E-state index in [4.69, 9.17) is 4.74 Å². The van der Waals surface area contributed by atoms with Gasteiger partial charge in [0, 0.05) is 38.6 Å². The fraction of sp³-hybridized carbons (Fsp3) is 0.300. The predicted molar refractivity (Wildman–Crippen MR) is 155 cm³/mol. The maximum atomic E-state index is 13.8. The van der Waals surface area contributed by atoms with Crippen molar-refractivity contribution in [1.82, 2.24) is 19.8 Å². The maximum absolute atomic E-state index is 13.8. The van der Waals surface area contributed by atoms with Gasteiger partial charge in [0.1, 0.15) is 16.9 Å². The highest BCUT2D eigenvalue weighted by molar-refractivity contribution is 7.90. The number of pyridine rings is 2. The number of hydrogen-bond acceptors (Lipinski definition) is 8. The molecule has 0 atom stereocenters. The molecule has 3 heterocycles. The minimum Gasteiger partial charge on any atom is -0.505 e. The summed E-state index contributed by atoms with van der Waals surface area (Å²) in [5.41, 5.74) is 1.38. The van der Waals surface area contributed by atoms with Crippen molar-refractivity contribution in [1.29, 1.82) is 0 Å². The van der Waals surface area contributed by atoms with Gasteiger partial charge in [0.15, 0.2) is 15.6 Å². The van der Waals surface area contributed by atoms with Gasteiger partial charge in [0.05, 0.1) is 30.2 Å². The van der Waals surface area contributed by atoms with Crippen molar-refractivity contribution in [3.8, 4) is 5.75 Å². The molecule has 0 unspecified atom stereocenters. The van der Waals surface area contributed by atoms with Crippen LogP contribution in [0.15, 0.2) is 70.5 Å². The van der Waals surface area contributed by atoms with Crippen LogP contribution in [0.4, 0.5) is 4.39 Å². The summed E-state index contributed by atoms with van der Waals surface area (Å²) in [6, 6.07) is 13.8. The second-order valence-electron chi connectivity index (χ2n) is 10.3. The highest BCUT2D eigenvalue weighted by Gasteiger charge is 2.24. The number of carbonyl (C=O) groups is 1. The van der Waals surface area contributed by atoms with Gasteiger partial charge in [0.25, 0.3) is 11.5 Å². The van der Waals surface area contributed by atoms with Crippen molar-refractivity contribution < 1.29 is 27.4 Å². The Kier molecular flexibility index (Phi) is 8.66. The summed E-state index contributed by atoms with van der Waals surface area (Å²) in [6.07, 6.45) is 3.05. The number of amides is 1. The second kappa shape index (κ2) is 12.4. The van der Waals surface area contributed by atoms with Crippen LogP contribution in [0, 0.1) is 5.82 Å². The smallest absolute Gasteiger partial charge is 0.268 e. The first-order valence-electron chi connectivity index (χ1n) is 13.5. The summed E-state index contributed by atoms with van der Waals surface area (Å²) in [7, 11) is -3.41. The van der Waals surface area contributed by atoms with Gasteiger partial charge in [-0.05, 0) is 53.4 Å². The molecule has 220 valence electrons. The molecule has 1 aliphatic heterocycles. The van der Waals surface area contributed by atoms with E-state index in [0.29, 0.717) is 42.8 Å². The summed E-state index contributed by atoms with van der Waals surface area (Å²) in [4.78, 5) is 33.7. The Balaban J connectivity index is 1.52. The van der Waals surface area contributed by atoms with Crippen LogP contribution in [0.5, 0.6) is 5.75 Å². The zero-order valence-corrected chi connectivity index (χ0v) is 23.9. The summed E-state index contributed by atoms with van der Waals surface area (Å²) in [5, 5.41) is 13.8. The van der Waals surface area contributed by atoms with Crippen LogP contribution in [0.25, 0.3) is 11.0 Å². The van der Waals surface area contributed by atoms with Crippen molar-refractivity contribution >= 4 is 26.8 Å². The number of carbonyl (C=O) groups excluding carboxylic acids is 1. The highest BCUT2D eigenvalue weighted by Crippen LogP contribution is 2.27. The molecule has 42 heavy (non-hydrogen) atoms. The van der Waals surface area contributed by atoms with E-state index in [1.807, 2.05) is 0 Å². The van der Waals surface area contributed by atoms with E-state index < -0.39 is 32.6 Å². The summed E-state index contributed by atoms with van der Waals surface area (Å²) in [5.74, 6) is -1.59. The van der Waals surface area contributed by atoms with Gasteiger partial charge in [-0.2, -0.15) is 0 Å². The molecule has 0 radical (unpaired) electrons. The van der Waals surface area contributed by atoms with Gasteiger partial charge in [-0.15, -0.1) is 0 Å². The zero-order chi connectivity index (χ0) is 29.9. The third-order valence-corrected chi connectivity index (χ3v) is 8.32. The van der Waals surface area contributed by atoms with Crippen LogP contribution in [-0.4, -0.2) is 79.5 Å². The Morgan fingerprint density at radius 1 is 1.05 bits per heavy atom. The number of sulfone groups is 1. The van der Waals surface area contributed by atoms with Gasteiger partial charge >= 0.3 is 0 Å². The van der Waals surface area contributed by atoms with E-state index in [0.717, 1.165) is 24.9 Å². The fourth-order valence-electron chi connectivity index (χ4n) is 4.91. The molecular formula is C30H31FN4O6S. The van der Waals surface area contributed by atoms with Crippen LogP contribution >= 0.6 is 0 Å². The minimum absolute atomic E-state index is 0.00457. The fourth-order valence-corrected chi connectivity index (χ4v) is 5.54. The second-order valence-corrected chi connectivity index (χ2v) is 12.3. The molecule has 0 saturated carbocycles. The molecule has 2 aromatic heterocycles. The first kappa shape index (κ1) is 29.4. The molecule has 12 heteroatoms. The van der Waals surface area contributed by atoms with Gasteiger partial charge in [-0.25, -0.2) is 12.8 Å². The zero-order valence-electron chi connectivity index (χ0n) is 23.0. The van der Waals surface area contributed by atoms with Crippen LogP contribution in [0.1, 0.15) is 27.0 Å². The Morgan fingerprint density at radius 3 is 2.38 bits per heavy atom. The number of nitrogens with one attached hydrogen (secondary N) is 1. The summed E-state index contributed by atoms with van der Waals surface area (Å²) >= 11 is 0.